The topological polar surface area (TPSA) is 39.0 Å². The summed E-state index contributed by atoms with van der Waals surface area (Å²) in [4.78, 5) is 8.16. The number of ether oxygens (including phenoxy) is 1. The summed E-state index contributed by atoms with van der Waals surface area (Å²) in [7, 11) is 0. The molecule has 3 nitrogen and oxygen atoms in total. The zero-order valence-corrected chi connectivity index (χ0v) is 14.8. The molecule has 4 rings (SSSR count). The van der Waals surface area contributed by atoms with Crippen LogP contribution in [0.2, 0.25) is 0 Å². The lowest BCUT2D eigenvalue weighted by Crippen LogP contribution is -2.67. The summed E-state index contributed by atoms with van der Waals surface area (Å²) in [6, 6.07) is 16.6. The molecule has 0 radical (unpaired) electrons. The van der Waals surface area contributed by atoms with E-state index in [0.29, 0.717) is 6.61 Å². The van der Waals surface area contributed by atoms with E-state index in [1.54, 1.807) is 11.3 Å². The second kappa shape index (κ2) is 6.95. The quantitative estimate of drug-likeness (QED) is 0.727. The number of benzene rings is 1. The van der Waals surface area contributed by atoms with Crippen LogP contribution in [0, 0.1) is 0 Å². The van der Waals surface area contributed by atoms with E-state index in [1.807, 2.05) is 19.1 Å². The second-order valence-electron chi connectivity index (χ2n) is 5.73. The van der Waals surface area contributed by atoms with Gasteiger partial charge in [-0.2, -0.15) is 0 Å². The third-order valence-electron chi connectivity index (χ3n) is 3.99. The predicted molar refractivity (Wildman–Crippen MR) is 104 cm³/mol. The van der Waals surface area contributed by atoms with Crippen molar-refractivity contribution in [3.05, 3.63) is 83.0 Å². The van der Waals surface area contributed by atoms with Crippen LogP contribution in [0.25, 0.3) is 16.6 Å². The van der Waals surface area contributed by atoms with Crippen LogP contribution in [-0.4, -0.2) is 17.3 Å². The number of allylic oxidation sites excluding steroid dienone is 2. The first-order chi connectivity index (χ1) is 12.3. The summed E-state index contributed by atoms with van der Waals surface area (Å²) in [6.07, 6.45) is 6.32. The fraction of sp³-hybridized carbons (Fsp3) is 0.0952. The molecule has 25 heavy (non-hydrogen) atoms. The highest BCUT2D eigenvalue weighted by Crippen LogP contribution is 2.24. The van der Waals surface area contributed by atoms with Crippen LogP contribution in [-0.2, 0) is 0 Å². The van der Waals surface area contributed by atoms with Crippen molar-refractivity contribution in [3.8, 4) is 16.3 Å². The molecule has 0 fully saturated rings. The zero-order valence-electron chi connectivity index (χ0n) is 14.0. The van der Waals surface area contributed by atoms with E-state index < -0.39 is 0 Å². The molecule has 0 bridgehead atoms. The second-order valence-corrected chi connectivity index (χ2v) is 6.68. The van der Waals surface area contributed by atoms with Crippen LogP contribution < -0.4 is 9.73 Å². The van der Waals surface area contributed by atoms with Crippen LogP contribution >= 0.6 is 11.3 Å². The highest BCUT2D eigenvalue weighted by atomic mass is 32.1. The Morgan fingerprint density at radius 3 is 2.72 bits per heavy atom. The van der Waals surface area contributed by atoms with E-state index in [1.165, 1.54) is 4.88 Å². The Bertz CT molecular complexity index is 944. The molecule has 0 saturated heterocycles. The number of aromatic amines is 1. The Balaban J connectivity index is 1.53. The van der Waals surface area contributed by atoms with E-state index in [9.17, 15) is 0 Å². The summed E-state index contributed by atoms with van der Waals surface area (Å²) in [6.45, 7) is 2.68. The Hall–Kier alpha value is -2.85. The van der Waals surface area contributed by atoms with Crippen LogP contribution in [0.4, 0.5) is 0 Å². The van der Waals surface area contributed by atoms with Crippen molar-refractivity contribution >= 4 is 23.1 Å². The van der Waals surface area contributed by atoms with Crippen molar-refractivity contribution in [1.82, 2.24) is 4.98 Å². The van der Waals surface area contributed by atoms with Gasteiger partial charge in [0, 0.05) is 29.5 Å². The highest BCUT2D eigenvalue weighted by molar-refractivity contribution is 7.13. The van der Waals surface area contributed by atoms with Crippen molar-refractivity contribution in [2.75, 3.05) is 6.61 Å². The predicted octanol–water partition coefficient (Wildman–Crippen LogP) is 3.62. The average Bonchev–Trinajstić information content (AvgIpc) is 3.38. The molecule has 0 amide bonds. The lowest BCUT2D eigenvalue weighted by molar-refractivity contribution is -0.383. The number of nitrogens with one attached hydrogen (secondary N) is 2. The van der Waals surface area contributed by atoms with Gasteiger partial charge < -0.3 is 9.72 Å². The van der Waals surface area contributed by atoms with E-state index in [2.05, 4.69) is 70.0 Å². The van der Waals surface area contributed by atoms with Crippen molar-refractivity contribution in [2.24, 2.45) is 0 Å². The van der Waals surface area contributed by atoms with Gasteiger partial charge in [-0.1, -0.05) is 6.07 Å². The van der Waals surface area contributed by atoms with E-state index in [0.717, 1.165) is 34.1 Å². The smallest absolute Gasteiger partial charge is 0.211 e. The minimum absolute atomic E-state index is 0.685. The molecular weight excluding hydrogens is 328 g/mol. The maximum absolute atomic E-state index is 5.49. The number of H-pyrrole nitrogens is 1. The molecule has 0 unspecified atom stereocenters. The molecular formula is C21H19N2OS+. The lowest BCUT2D eigenvalue weighted by Gasteiger charge is -2.02. The lowest BCUT2D eigenvalue weighted by atomic mass is 10.1. The van der Waals surface area contributed by atoms with Crippen LogP contribution in [0.1, 0.15) is 18.2 Å². The van der Waals surface area contributed by atoms with Crippen molar-refractivity contribution in [1.29, 1.82) is 0 Å². The van der Waals surface area contributed by atoms with Gasteiger partial charge in [0.2, 0.25) is 11.4 Å². The SMILES string of the molecule is CCOc1ccc(C2=[NH+]/C(=C\c3ccc(-c4cccs4)[nH]3)C=C2)cc1. The van der Waals surface area contributed by atoms with Crippen molar-refractivity contribution in [3.63, 3.8) is 0 Å². The van der Waals surface area contributed by atoms with Gasteiger partial charge >= 0.3 is 0 Å². The number of hydrogen-bond donors (Lipinski definition) is 2. The normalized spacial score (nSPS) is 14.9. The van der Waals surface area contributed by atoms with Gasteiger partial charge in [0.15, 0.2) is 0 Å². The maximum Gasteiger partial charge on any atom is 0.211 e. The van der Waals surface area contributed by atoms with Crippen molar-refractivity contribution in [2.45, 2.75) is 6.92 Å². The molecule has 2 N–H and O–H groups in total. The van der Waals surface area contributed by atoms with Crippen LogP contribution in [0.3, 0.4) is 0 Å². The Morgan fingerprint density at radius 2 is 1.96 bits per heavy atom. The summed E-state index contributed by atoms with van der Waals surface area (Å²) >= 11 is 1.74. The molecule has 0 saturated carbocycles. The molecule has 3 aromatic rings. The molecule has 4 heteroatoms. The molecule has 1 aromatic carbocycles. The van der Waals surface area contributed by atoms with Gasteiger partial charge in [-0.15, -0.1) is 11.3 Å². The summed E-state index contributed by atoms with van der Waals surface area (Å²) < 4.78 is 5.49. The Labute approximate surface area is 151 Å². The van der Waals surface area contributed by atoms with Crippen LogP contribution in [0.5, 0.6) is 5.75 Å². The average molecular weight is 347 g/mol. The molecule has 1 aliphatic rings. The first kappa shape index (κ1) is 15.7. The molecule has 2 aromatic heterocycles. The van der Waals surface area contributed by atoms with Gasteiger partial charge in [0.25, 0.3) is 0 Å². The number of aromatic nitrogens is 1. The summed E-state index contributed by atoms with van der Waals surface area (Å²) in [5.74, 6) is 0.900. The first-order valence-corrected chi connectivity index (χ1v) is 9.19. The largest absolute Gasteiger partial charge is 0.494 e. The number of thiophene rings is 1. The third-order valence-corrected chi connectivity index (χ3v) is 4.89. The Kier molecular flexibility index (Phi) is 4.36. The highest BCUT2D eigenvalue weighted by Gasteiger charge is 2.15. The first-order valence-electron chi connectivity index (χ1n) is 8.32. The molecule has 3 heterocycles. The fourth-order valence-corrected chi connectivity index (χ4v) is 3.51. The number of rotatable bonds is 5. The summed E-state index contributed by atoms with van der Waals surface area (Å²) in [5.41, 5.74) is 5.56. The van der Waals surface area contributed by atoms with Gasteiger partial charge in [0.05, 0.1) is 17.2 Å². The van der Waals surface area contributed by atoms with Crippen LogP contribution in [0.15, 0.2) is 71.8 Å². The van der Waals surface area contributed by atoms with E-state index in [-0.39, 0.29) is 0 Å². The minimum Gasteiger partial charge on any atom is -0.494 e. The molecule has 0 atom stereocenters. The van der Waals surface area contributed by atoms with Gasteiger partial charge in [-0.25, -0.2) is 4.99 Å². The zero-order chi connectivity index (χ0) is 17.1. The maximum atomic E-state index is 5.49. The number of hydrogen-bond acceptors (Lipinski definition) is 2. The van der Waals surface area contributed by atoms with Gasteiger partial charge in [-0.05, 0) is 54.8 Å². The minimum atomic E-state index is 0.685. The van der Waals surface area contributed by atoms with Gasteiger partial charge in [0.1, 0.15) is 5.75 Å². The molecule has 0 aliphatic carbocycles. The van der Waals surface area contributed by atoms with E-state index in [4.69, 9.17) is 4.74 Å². The summed E-state index contributed by atoms with van der Waals surface area (Å²) in [5, 5.41) is 2.09. The standard InChI is InChI=1S/C21H18N2OS/c1-2-24-18-9-5-15(6-10-18)19-11-7-16(22-19)14-17-8-12-20(23-17)21-4-3-13-25-21/h3-14,23H,2H2,1H3/p+1/b16-14-. The van der Waals surface area contributed by atoms with Gasteiger partial charge in [-0.3, -0.25) is 0 Å². The molecule has 124 valence electrons. The molecule has 0 spiro atoms. The Morgan fingerprint density at radius 1 is 1.08 bits per heavy atom. The monoisotopic (exact) mass is 347 g/mol. The van der Waals surface area contributed by atoms with Crippen molar-refractivity contribution < 1.29 is 9.73 Å². The molecule has 1 aliphatic heterocycles. The van der Waals surface area contributed by atoms with E-state index >= 15 is 0 Å². The third kappa shape index (κ3) is 3.49. The fourth-order valence-electron chi connectivity index (χ4n) is 2.80.